The van der Waals surface area contributed by atoms with E-state index in [0.717, 1.165) is 0 Å². The van der Waals surface area contributed by atoms with E-state index in [4.69, 9.17) is 32.7 Å². The van der Waals surface area contributed by atoms with Crippen LogP contribution in [0.1, 0.15) is 13.8 Å². The second-order valence-corrected chi connectivity index (χ2v) is 5.04. The van der Waals surface area contributed by atoms with E-state index < -0.39 is 6.10 Å². The zero-order valence-corrected chi connectivity index (χ0v) is 12.6. The van der Waals surface area contributed by atoms with Crippen LogP contribution in [0.5, 0.6) is 5.75 Å². The van der Waals surface area contributed by atoms with Gasteiger partial charge in [-0.1, -0.05) is 23.2 Å². The van der Waals surface area contributed by atoms with Crippen molar-refractivity contribution < 1.29 is 14.3 Å². The van der Waals surface area contributed by atoms with E-state index in [0.29, 0.717) is 22.4 Å². The standard InChI is InChI=1S/C13H17Cl2NO3/c1-8(7-18-3)16-13(17)9(2)19-12-5-4-10(14)6-11(12)15/h4-6,8-9H,7H2,1-3H3,(H,16,17). The molecule has 6 heteroatoms. The van der Waals surface area contributed by atoms with Gasteiger partial charge in [-0.25, -0.2) is 0 Å². The molecule has 1 rings (SSSR count). The molecule has 0 spiro atoms. The van der Waals surface area contributed by atoms with Crippen LogP contribution in [0.4, 0.5) is 0 Å². The van der Waals surface area contributed by atoms with Crippen molar-refractivity contribution in [2.45, 2.75) is 26.0 Å². The summed E-state index contributed by atoms with van der Waals surface area (Å²) in [5.41, 5.74) is 0. The van der Waals surface area contributed by atoms with E-state index in [1.165, 1.54) is 0 Å². The first-order valence-electron chi connectivity index (χ1n) is 5.85. The molecule has 1 aromatic carbocycles. The number of amides is 1. The number of nitrogens with one attached hydrogen (secondary N) is 1. The lowest BCUT2D eigenvalue weighted by molar-refractivity contribution is -0.128. The number of carbonyl (C=O) groups excluding carboxylic acids is 1. The maximum Gasteiger partial charge on any atom is 0.261 e. The van der Waals surface area contributed by atoms with Crippen LogP contribution < -0.4 is 10.1 Å². The number of methoxy groups -OCH3 is 1. The Morgan fingerprint density at radius 3 is 2.63 bits per heavy atom. The van der Waals surface area contributed by atoms with Gasteiger partial charge in [0.1, 0.15) is 5.75 Å². The van der Waals surface area contributed by atoms with Crippen molar-refractivity contribution in [2.24, 2.45) is 0 Å². The SMILES string of the molecule is COCC(C)NC(=O)C(C)Oc1ccc(Cl)cc1Cl. The average Bonchev–Trinajstić information content (AvgIpc) is 2.32. The first-order valence-corrected chi connectivity index (χ1v) is 6.60. The minimum Gasteiger partial charge on any atom is -0.479 e. The maximum absolute atomic E-state index is 11.9. The summed E-state index contributed by atoms with van der Waals surface area (Å²) in [6, 6.07) is 4.77. The summed E-state index contributed by atoms with van der Waals surface area (Å²) in [7, 11) is 1.58. The number of benzene rings is 1. The summed E-state index contributed by atoms with van der Waals surface area (Å²) in [4.78, 5) is 11.9. The van der Waals surface area contributed by atoms with Crippen LogP contribution in [-0.2, 0) is 9.53 Å². The predicted octanol–water partition coefficient (Wildman–Crippen LogP) is 2.91. The second kappa shape index (κ2) is 7.58. The summed E-state index contributed by atoms with van der Waals surface area (Å²) in [6.45, 7) is 3.95. The number of hydrogen-bond acceptors (Lipinski definition) is 3. The van der Waals surface area contributed by atoms with E-state index in [1.807, 2.05) is 6.92 Å². The summed E-state index contributed by atoms with van der Waals surface area (Å²) in [6.07, 6.45) is -0.655. The van der Waals surface area contributed by atoms with Gasteiger partial charge in [-0.3, -0.25) is 4.79 Å². The molecule has 0 bridgehead atoms. The number of halogens is 2. The summed E-state index contributed by atoms with van der Waals surface area (Å²) < 4.78 is 10.4. The Morgan fingerprint density at radius 2 is 2.05 bits per heavy atom. The third-order valence-corrected chi connectivity index (χ3v) is 2.90. The maximum atomic E-state index is 11.9. The van der Waals surface area contributed by atoms with Gasteiger partial charge in [0.25, 0.3) is 5.91 Å². The van der Waals surface area contributed by atoms with Crippen LogP contribution in [0.25, 0.3) is 0 Å². The molecule has 0 saturated carbocycles. The molecule has 0 aromatic heterocycles. The lowest BCUT2D eigenvalue weighted by atomic mass is 10.3. The number of ether oxygens (including phenoxy) is 2. The van der Waals surface area contributed by atoms with Gasteiger partial charge in [0.2, 0.25) is 0 Å². The molecule has 19 heavy (non-hydrogen) atoms. The summed E-state index contributed by atoms with van der Waals surface area (Å²) in [5, 5.41) is 3.66. The molecule has 4 nitrogen and oxygen atoms in total. The van der Waals surface area contributed by atoms with Crippen molar-refractivity contribution in [3.05, 3.63) is 28.2 Å². The molecule has 0 heterocycles. The van der Waals surface area contributed by atoms with Crippen LogP contribution in [-0.4, -0.2) is 31.8 Å². The van der Waals surface area contributed by atoms with E-state index in [-0.39, 0.29) is 11.9 Å². The number of rotatable bonds is 6. The first kappa shape index (κ1) is 16.1. The summed E-state index contributed by atoms with van der Waals surface area (Å²) >= 11 is 11.8. The highest BCUT2D eigenvalue weighted by molar-refractivity contribution is 6.35. The zero-order valence-electron chi connectivity index (χ0n) is 11.1. The molecule has 2 unspecified atom stereocenters. The molecule has 0 saturated heterocycles. The predicted molar refractivity (Wildman–Crippen MR) is 76.0 cm³/mol. The smallest absolute Gasteiger partial charge is 0.261 e. The lowest BCUT2D eigenvalue weighted by Crippen LogP contribution is -2.43. The Morgan fingerprint density at radius 1 is 1.37 bits per heavy atom. The van der Waals surface area contributed by atoms with Gasteiger partial charge in [0.05, 0.1) is 11.6 Å². The van der Waals surface area contributed by atoms with Crippen LogP contribution >= 0.6 is 23.2 Å². The van der Waals surface area contributed by atoms with Gasteiger partial charge in [-0.05, 0) is 32.0 Å². The van der Waals surface area contributed by atoms with Crippen LogP contribution in [0, 0.1) is 0 Å². The Bertz CT molecular complexity index is 440. The lowest BCUT2D eigenvalue weighted by Gasteiger charge is -2.18. The fourth-order valence-electron chi connectivity index (χ4n) is 1.47. The van der Waals surface area contributed by atoms with Gasteiger partial charge in [-0.15, -0.1) is 0 Å². The largest absolute Gasteiger partial charge is 0.479 e. The van der Waals surface area contributed by atoms with E-state index in [9.17, 15) is 4.79 Å². The fourth-order valence-corrected chi connectivity index (χ4v) is 1.92. The number of carbonyl (C=O) groups is 1. The monoisotopic (exact) mass is 305 g/mol. The summed E-state index contributed by atoms with van der Waals surface area (Å²) in [5.74, 6) is 0.198. The Hall–Kier alpha value is -0.970. The van der Waals surface area contributed by atoms with Gasteiger partial charge in [0, 0.05) is 18.2 Å². The molecule has 0 aliphatic heterocycles. The van der Waals surface area contributed by atoms with Crippen molar-refractivity contribution in [1.82, 2.24) is 5.32 Å². The Labute approximate surface area is 123 Å². The molecule has 0 aliphatic carbocycles. The average molecular weight is 306 g/mol. The molecular weight excluding hydrogens is 289 g/mol. The van der Waals surface area contributed by atoms with E-state index in [1.54, 1.807) is 32.2 Å². The van der Waals surface area contributed by atoms with E-state index >= 15 is 0 Å². The highest BCUT2D eigenvalue weighted by Gasteiger charge is 2.18. The van der Waals surface area contributed by atoms with Crippen molar-refractivity contribution in [1.29, 1.82) is 0 Å². The highest BCUT2D eigenvalue weighted by Crippen LogP contribution is 2.28. The van der Waals surface area contributed by atoms with Crippen LogP contribution in [0.15, 0.2) is 18.2 Å². The number of hydrogen-bond donors (Lipinski definition) is 1. The van der Waals surface area contributed by atoms with Crippen molar-refractivity contribution in [3.63, 3.8) is 0 Å². The van der Waals surface area contributed by atoms with Crippen molar-refractivity contribution in [2.75, 3.05) is 13.7 Å². The first-order chi connectivity index (χ1) is 8.93. The van der Waals surface area contributed by atoms with Crippen molar-refractivity contribution in [3.8, 4) is 5.75 Å². The Balaban J connectivity index is 2.58. The molecule has 2 atom stereocenters. The molecule has 106 valence electrons. The molecule has 1 N–H and O–H groups in total. The fraction of sp³-hybridized carbons (Fsp3) is 0.462. The molecular formula is C13H17Cl2NO3. The molecule has 0 radical (unpaired) electrons. The molecule has 0 fully saturated rings. The molecule has 0 aliphatic rings. The third kappa shape index (κ3) is 5.27. The molecule has 1 amide bonds. The van der Waals surface area contributed by atoms with Crippen LogP contribution in [0.2, 0.25) is 10.0 Å². The minimum atomic E-state index is -0.655. The van der Waals surface area contributed by atoms with Crippen molar-refractivity contribution >= 4 is 29.1 Å². The normalized spacial score (nSPS) is 13.7. The van der Waals surface area contributed by atoms with E-state index in [2.05, 4.69) is 5.32 Å². The van der Waals surface area contributed by atoms with Gasteiger partial charge in [0.15, 0.2) is 6.10 Å². The van der Waals surface area contributed by atoms with Crippen LogP contribution in [0.3, 0.4) is 0 Å². The topological polar surface area (TPSA) is 47.6 Å². The van der Waals surface area contributed by atoms with Gasteiger partial charge < -0.3 is 14.8 Å². The Kier molecular flexibility index (Phi) is 6.42. The highest BCUT2D eigenvalue weighted by atomic mass is 35.5. The molecule has 1 aromatic rings. The minimum absolute atomic E-state index is 0.0794. The third-order valence-electron chi connectivity index (χ3n) is 2.37. The second-order valence-electron chi connectivity index (χ2n) is 4.20. The van der Waals surface area contributed by atoms with Gasteiger partial charge in [-0.2, -0.15) is 0 Å². The van der Waals surface area contributed by atoms with Gasteiger partial charge >= 0.3 is 0 Å². The quantitative estimate of drug-likeness (QED) is 0.879. The zero-order chi connectivity index (χ0) is 14.4.